The molecule has 1 aliphatic rings. The number of likely N-dealkylation sites (tertiary alicyclic amines) is 1. The summed E-state index contributed by atoms with van der Waals surface area (Å²) in [5.74, 6) is -0.201. The molecule has 0 aliphatic carbocycles. The Morgan fingerprint density at radius 3 is 2.70 bits per heavy atom. The van der Waals surface area contributed by atoms with Crippen LogP contribution in [0.25, 0.3) is 0 Å². The maximum atomic E-state index is 12.2. The normalized spacial score (nSPS) is 18.6. The van der Waals surface area contributed by atoms with Crippen molar-refractivity contribution in [2.45, 2.75) is 25.3 Å². The van der Waals surface area contributed by atoms with Crippen LogP contribution in [-0.4, -0.2) is 43.2 Å². The number of piperidine rings is 1. The Labute approximate surface area is 125 Å². The molecular weight excluding hydrogens is 276 g/mol. The molecule has 2 rings (SSSR count). The van der Waals surface area contributed by atoms with Gasteiger partial charge in [-0.15, -0.1) is 0 Å². The van der Waals surface area contributed by atoms with Crippen molar-refractivity contribution in [3.8, 4) is 0 Å². The smallest absolute Gasteiger partial charge is 0.331 e. The molecule has 110 valence electrons. The summed E-state index contributed by atoms with van der Waals surface area (Å²) in [6, 6.07) is 7.44. The average molecular weight is 297 g/mol. The van der Waals surface area contributed by atoms with Gasteiger partial charge in [-0.3, -0.25) is 0 Å². The predicted molar refractivity (Wildman–Crippen MR) is 81.2 cm³/mol. The van der Waals surface area contributed by atoms with E-state index in [1.54, 1.807) is 0 Å². The average Bonchev–Trinajstić information content (AvgIpc) is 2.47. The van der Waals surface area contributed by atoms with Crippen LogP contribution in [0.4, 0.5) is 5.69 Å². The van der Waals surface area contributed by atoms with E-state index in [1.807, 2.05) is 24.3 Å². The molecule has 0 bridgehead atoms. The van der Waals surface area contributed by atoms with Crippen LogP contribution in [0.5, 0.6) is 0 Å². The highest BCUT2D eigenvalue weighted by molar-refractivity contribution is 6.30. The lowest BCUT2D eigenvalue weighted by atomic mass is 9.87. The minimum absolute atomic E-state index is 0.201. The SMILES string of the molecule is CCN1CCC(Nc2cccc(Cl)c2)(C(=O)OC)CC1. The second kappa shape index (κ2) is 6.46. The van der Waals surface area contributed by atoms with E-state index in [1.165, 1.54) is 7.11 Å². The number of hydrogen-bond acceptors (Lipinski definition) is 4. The standard InChI is InChI=1S/C15H21ClN2O2/c1-3-18-9-7-15(8-10-18,14(19)20-2)17-13-6-4-5-12(16)11-13/h4-6,11,17H,3,7-10H2,1-2H3. The number of halogens is 1. The molecule has 0 aromatic heterocycles. The lowest BCUT2D eigenvalue weighted by Gasteiger charge is -2.40. The first-order chi connectivity index (χ1) is 9.59. The number of benzene rings is 1. The Morgan fingerprint density at radius 1 is 1.45 bits per heavy atom. The van der Waals surface area contributed by atoms with Crippen LogP contribution in [-0.2, 0) is 9.53 Å². The number of carbonyl (C=O) groups is 1. The van der Waals surface area contributed by atoms with Gasteiger partial charge < -0.3 is 15.0 Å². The first kappa shape index (κ1) is 15.1. The van der Waals surface area contributed by atoms with Crippen molar-refractivity contribution in [3.05, 3.63) is 29.3 Å². The molecule has 0 amide bonds. The topological polar surface area (TPSA) is 41.6 Å². The number of esters is 1. The van der Waals surface area contributed by atoms with Crippen LogP contribution in [0.3, 0.4) is 0 Å². The maximum Gasteiger partial charge on any atom is 0.331 e. The highest BCUT2D eigenvalue weighted by atomic mass is 35.5. The molecule has 1 heterocycles. The summed E-state index contributed by atoms with van der Waals surface area (Å²) < 4.78 is 5.01. The highest BCUT2D eigenvalue weighted by Crippen LogP contribution is 2.29. The molecule has 5 heteroatoms. The number of carbonyl (C=O) groups excluding carboxylic acids is 1. The molecule has 1 N–H and O–H groups in total. The largest absolute Gasteiger partial charge is 0.467 e. The van der Waals surface area contributed by atoms with Crippen molar-refractivity contribution in [2.24, 2.45) is 0 Å². The monoisotopic (exact) mass is 296 g/mol. The van der Waals surface area contributed by atoms with E-state index in [4.69, 9.17) is 16.3 Å². The summed E-state index contributed by atoms with van der Waals surface area (Å²) in [7, 11) is 1.44. The molecule has 1 aliphatic heterocycles. The van der Waals surface area contributed by atoms with E-state index in [2.05, 4.69) is 17.1 Å². The van der Waals surface area contributed by atoms with E-state index in [-0.39, 0.29) is 5.97 Å². The minimum atomic E-state index is -0.648. The number of methoxy groups -OCH3 is 1. The minimum Gasteiger partial charge on any atom is -0.467 e. The Morgan fingerprint density at radius 2 is 2.15 bits per heavy atom. The summed E-state index contributed by atoms with van der Waals surface area (Å²) in [5.41, 5.74) is 0.207. The molecule has 0 unspecified atom stereocenters. The van der Waals surface area contributed by atoms with Crippen molar-refractivity contribution in [3.63, 3.8) is 0 Å². The Kier molecular flexibility index (Phi) is 4.89. The van der Waals surface area contributed by atoms with Crippen LogP contribution in [0.1, 0.15) is 19.8 Å². The van der Waals surface area contributed by atoms with Gasteiger partial charge in [-0.25, -0.2) is 4.79 Å². The quantitative estimate of drug-likeness (QED) is 0.868. The molecule has 20 heavy (non-hydrogen) atoms. The molecule has 0 atom stereocenters. The van der Waals surface area contributed by atoms with Gasteiger partial charge in [0.15, 0.2) is 0 Å². The van der Waals surface area contributed by atoms with Crippen molar-refractivity contribution in [1.82, 2.24) is 4.90 Å². The Bertz CT molecular complexity index is 471. The van der Waals surface area contributed by atoms with Crippen LogP contribution in [0, 0.1) is 0 Å². The summed E-state index contributed by atoms with van der Waals surface area (Å²) in [6.07, 6.45) is 1.47. The number of nitrogens with zero attached hydrogens (tertiary/aromatic N) is 1. The van der Waals surface area contributed by atoms with Crippen molar-refractivity contribution in [1.29, 1.82) is 0 Å². The van der Waals surface area contributed by atoms with Crippen molar-refractivity contribution < 1.29 is 9.53 Å². The molecule has 1 aromatic rings. The second-order valence-corrected chi connectivity index (χ2v) is 5.58. The third-order valence-corrected chi connectivity index (χ3v) is 4.18. The van der Waals surface area contributed by atoms with Gasteiger partial charge in [-0.05, 0) is 37.6 Å². The van der Waals surface area contributed by atoms with Gasteiger partial charge in [-0.1, -0.05) is 24.6 Å². The van der Waals surface area contributed by atoms with Gasteiger partial charge in [0.2, 0.25) is 0 Å². The molecule has 0 spiro atoms. The van der Waals surface area contributed by atoms with Gasteiger partial charge in [-0.2, -0.15) is 0 Å². The third-order valence-electron chi connectivity index (χ3n) is 3.94. The molecule has 0 radical (unpaired) electrons. The fourth-order valence-electron chi connectivity index (χ4n) is 2.67. The number of hydrogen-bond donors (Lipinski definition) is 1. The van der Waals surface area contributed by atoms with Crippen LogP contribution in [0.2, 0.25) is 5.02 Å². The molecule has 0 saturated carbocycles. The predicted octanol–water partition coefficient (Wildman–Crippen LogP) is 2.78. The van der Waals surface area contributed by atoms with E-state index in [0.29, 0.717) is 5.02 Å². The first-order valence-electron chi connectivity index (χ1n) is 6.94. The van der Waals surface area contributed by atoms with E-state index < -0.39 is 5.54 Å². The van der Waals surface area contributed by atoms with Gasteiger partial charge >= 0.3 is 5.97 Å². The van der Waals surface area contributed by atoms with E-state index in [0.717, 1.165) is 38.2 Å². The van der Waals surface area contributed by atoms with Gasteiger partial charge in [0.25, 0.3) is 0 Å². The number of nitrogens with one attached hydrogen (secondary N) is 1. The summed E-state index contributed by atoms with van der Waals surface area (Å²) in [4.78, 5) is 14.6. The van der Waals surface area contributed by atoms with Crippen LogP contribution < -0.4 is 5.32 Å². The zero-order valence-electron chi connectivity index (χ0n) is 12.0. The molecular formula is C15H21ClN2O2. The van der Waals surface area contributed by atoms with E-state index in [9.17, 15) is 4.79 Å². The summed E-state index contributed by atoms with van der Waals surface area (Å²) >= 11 is 6.00. The Balaban J connectivity index is 2.18. The second-order valence-electron chi connectivity index (χ2n) is 5.14. The first-order valence-corrected chi connectivity index (χ1v) is 7.32. The van der Waals surface area contributed by atoms with Crippen molar-refractivity contribution >= 4 is 23.3 Å². The summed E-state index contributed by atoms with van der Waals surface area (Å²) in [6.45, 7) is 4.92. The Hall–Kier alpha value is -1.26. The zero-order valence-corrected chi connectivity index (χ0v) is 12.7. The van der Waals surface area contributed by atoms with Crippen molar-refractivity contribution in [2.75, 3.05) is 32.1 Å². The van der Waals surface area contributed by atoms with Gasteiger partial charge in [0.1, 0.15) is 5.54 Å². The molecule has 1 aromatic carbocycles. The zero-order chi connectivity index (χ0) is 14.6. The third kappa shape index (κ3) is 3.25. The van der Waals surface area contributed by atoms with Crippen LogP contribution in [0.15, 0.2) is 24.3 Å². The lowest BCUT2D eigenvalue weighted by molar-refractivity contribution is -0.147. The lowest BCUT2D eigenvalue weighted by Crippen LogP contribution is -2.54. The number of rotatable bonds is 4. The molecule has 1 saturated heterocycles. The summed E-state index contributed by atoms with van der Waals surface area (Å²) in [5, 5.41) is 4.00. The molecule has 4 nitrogen and oxygen atoms in total. The fraction of sp³-hybridized carbons (Fsp3) is 0.533. The fourth-order valence-corrected chi connectivity index (χ4v) is 2.86. The maximum absolute atomic E-state index is 12.2. The molecule has 1 fully saturated rings. The highest BCUT2D eigenvalue weighted by Gasteiger charge is 2.42. The number of ether oxygens (including phenoxy) is 1. The van der Waals surface area contributed by atoms with Gasteiger partial charge in [0.05, 0.1) is 7.11 Å². The van der Waals surface area contributed by atoms with Crippen LogP contribution >= 0.6 is 11.6 Å². The number of anilines is 1. The van der Waals surface area contributed by atoms with Gasteiger partial charge in [0, 0.05) is 23.8 Å². The van der Waals surface area contributed by atoms with E-state index >= 15 is 0 Å².